The summed E-state index contributed by atoms with van der Waals surface area (Å²) in [7, 11) is 2.83. The molecule has 0 saturated heterocycles. The van der Waals surface area contributed by atoms with Gasteiger partial charge in [0.15, 0.2) is 0 Å². The van der Waals surface area contributed by atoms with Gasteiger partial charge >= 0.3 is 7.12 Å². The zero-order valence-electron chi connectivity index (χ0n) is 17.7. The minimum Gasteiger partial charge on any atom is -0.405 e. The Kier molecular flexibility index (Phi) is 18.2. The first kappa shape index (κ1) is 26.0. The van der Waals surface area contributed by atoms with E-state index >= 15 is 0 Å². The average molecular weight is 414 g/mol. The maximum atomic E-state index is 5.84. The molecular formula is C20H35BO8. The lowest BCUT2D eigenvalue weighted by molar-refractivity contribution is 0.0105. The molecule has 1 rings (SSSR count). The molecule has 29 heavy (non-hydrogen) atoms. The van der Waals surface area contributed by atoms with E-state index in [0.29, 0.717) is 79.3 Å². The van der Waals surface area contributed by atoms with Gasteiger partial charge in [0.1, 0.15) is 0 Å². The molecule has 0 heterocycles. The molecule has 1 aromatic rings. The lowest BCUT2D eigenvalue weighted by Crippen LogP contribution is -2.38. The number of rotatable bonds is 21. The quantitative estimate of drug-likeness (QED) is 0.216. The van der Waals surface area contributed by atoms with Crippen LogP contribution in [0.5, 0.6) is 0 Å². The zero-order chi connectivity index (χ0) is 20.8. The smallest absolute Gasteiger partial charge is 0.405 e. The van der Waals surface area contributed by atoms with E-state index in [9.17, 15) is 0 Å². The summed E-state index contributed by atoms with van der Waals surface area (Å²) in [6.07, 6.45) is 0. The zero-order valence-corrected chi connectivity index (χ0v) is 17.7. The predicted molar refractivity (Wildman–Crippen MR) is 111 cm³/mol. The number of ether oxygens (including phenoxy) is 6. The van der Waals surface area contributed by atoms with Gasteiger partial charge in [-0.25, -0.2) is 0 Å². The van der Waals surface area contributed by atoms with Crippen molar-refractivity contribution < 1.29 is 37.7 Å². The van der Waals surface area contributed by atoms with Crippen molar-refractivity contribution in [2.45, 2.75) is 0 Å². The van der Waals surface area contributed by atoms with Crippen molar-refractivity contribution in [1.29, 1.82) is 0 Å². The van der Waals surface area contributed by atoms with E-state index in [1.54, 1.807) is 14.2 Å². The van der Waals surface area contributed by atoms with Crippen LogP contribution in [0.25, 0.3) is 0 Å². The maximum Gasteiger partial charge on any atom is 0.494 e. The third-order valence-electron chi connectivity index (χ3n) is 3.67. The standard InChI is InChI=1S/C20H35BO8/c1-22-8-10-24-12-14-26-16-18-28-21(20-6-4-3-5-7-20)29-19-17-27-15-13-25-11-9-23-2/h3-7H,8-19H2,1-2H3. The van der Waals surface area contributed by atoms with Gasteiger partial charge in [0.25, 0.3) is 0 Å². The van der Waals surface area contributed by atoms with Crippen LogP contribution in [-0.2, 0) is 37.7 Å². The molecule has 0 saturated carbocycles. The monoisotopic (exact) mass is 414 g/mol. The van der Waals surface area contributed by atoms with Crippen molar-refractivity contribution in [2.24, 2.45) is 0 Å². The molecule has 0 aromatic heterocycles. The molecule has 1 aromatic carbocycles. The van der Waals surface area contributed by atoms with E-state index in [0.717, 1.165) is 5.46 Å². The third-order valence-corrected chi connectivity index (χ3v) is 3.67. The summed E-state index contributed by atoms with van der Waals surface area (Å²) in [6, 6.07) is 9.81. The summed E-state index contributed by atoms with van der Waals surface area (Å²) in [6.45, 7) is 6.21. The van der Waals surface area contributed by atoms with Crippen LogP contribution in [0.4, 0.5) is 0 Å². The molecule has 0 spiro atoms. The SMILES string of the molecule is COCCOCCOCCOB(OCCOCCOCCOC)c1ccccc1. The number of hydrogen-bond donors (Lipinski definition) is 0. The molecule has 0 fully saturated rings. The molecule has 0 N–H and O–H groups in total. The van der Waals surface area contributed by atoms with Gasteiger partial charge in [-0.2, -0.15) is 0 Å². The number of hydrogen-bond acceptors (Lipinski definition) is 8. The van der Waals surface area contributed by atoms with Gasteiger partial charge in [0.05, 0.1) is 79.3 Å². The van der Waals surface area contributed by atoms with E-state index < -0.39 is 7.12 Å². The first-order valence-electron chi connectivity index (χ1n) is 9.95. The van der Waals surface area contributed by atoms with Crippen LogP contribution in [0.15, 0.2) is 30.3 Å². The fourth-order valence-corrected chi connectivity index (χ4v) is 2.21. The Morgan fingerprint density at radius 1 is 0.517 bits per heavy atom. The normalized spacial score (nSPS) is 11.1. The highest BCUT2D eigenvalue weighted by atomic mass is 16.6. The van der Waals surface area contributed by atoms with Gasteiger partial charge in [-0.15, -0.1) is 0 Å². The molecule has 0 amide bonds. The van der Waals surface area contributed by atoms with E-state index in [1.807, 2.05) is 30.3 Å². The molecule has 0 atom stereocenters. The molecule has 166 valence electrons. The second-order valence-corrected chi connectivity index (χ2v) is 5.92. The Bertz CT molecular complexity index is 429. The van der Waals surface area contributed by atoms with Gasteiger partial charge < -0.3 is 37.7 Å². The Morgan fingerprint density at radius 3 is 1.31 bits per heavy atom. The fourth-order valence-electron chi connectivity index (χ4n) is 2.21. The molecule has 0 aliphatic heterocycles. The third kappa shape index (κ3) is 15.5. The van der Waals surface area contributed by atoms with E-state index in [2.05, 4.69) is 0 Å². The Labute approximate surface area is 174 Å². The summed E-state index contributed by atoms with van der Waals surface area (Å²) in [5.41, 5.74) is 0.957. The molecule has 9 heteroatoms. The van der Waals surface area contributed by atoms with Crippen molar-refractivity contribution in [1.82, 2.24) is 0 Å². The van der Waals surface area contributed by atoms with Crippen molar-refractivity contribution in [2.75, 3.05) is 93.5 Å². The minimum absolute atomic E-state index is 0.422. The van der Waals surface area contributed by atoms with Crippen molar-refractivity contribution in [3.8, 4) is 0 Å². The summed E-state index contributed by atoms with van der Waals surface area (Å²) >= 11 is 0. The van der Waals surface area contributed by atoms with Crippen molar-refractivity contribution in [3.63, 3.8) is 0 Å². The molecular weight excluding hydrogens is 379 g/mol. The molecule has 0 bridgehead atoms. The van der Waals surface area contributed by atoms with Crippen LogP contribution in [0, 0.1) is 0 Å². The molecule has 0 aliphatic rings. The van der Waals surface area contributed by atoms with Gasteiger partial charge in [-0.1, -0.05) is 30.3 Å². The second kappa shape index (κ2) is 20.2. The highest BCUT2D eigenvalue weighted by molar-refractivity contribution is 6.61. The maximum absolute atomic E-state index is 5.84. The van der Waals surface area contributed by atoms with Gasteiger partial charge in [-0.05, 0) is 5.46 Å². The summed E-state index contributed by atoms with van der Waals surface area (Å²) in [5, 5.41) is 0. The summed E-state index contributed by atoms with van der Waals surface area (Å²) < 4.78 is 43.2. The van der Waals surface area contributed by atoms with Gasteiger partial charge in [-0.3, -0.25) is 0 Å². The van der Waals surface area contributed by atoms with Crippen LogP contribution in [0.2, 0.25) is 0 Å². The summed E-state index contributed by atoms with van der Waals surface area (Å²) in [4.78, 5) is 0. The fraction of sp³-hybridized carbons (Fsp3) is 0.700. The Hall–Kier alpha value is -1.04. The molecule has 0 aliphatic carbocycles. The topological polar surface area (TPSA) is 73.8 Å². The van der Waals surface area contributed by atoms with Gasteiger partial charge in [0.2, 0.25) is 0 Å². The number of benzene rings is 1. The Balaban J connectivity index is 2.13. The first-order chi connectivity index (χ1) is 14.4. The van der Waals surface area contributed by atoms with Crippen LogP contribution in [-0.4, -0.2) is 101 Å². The Morgan fingerprint density at radius 2 is 0.897 bits per heavy atom. The van der Waals surface area contributed by atoms with Crippen LogP contribution < -0.4 is 5.46 Å². The highest BCUT2D eigenvalue weighted by Gasteiger charge is 2.20. The molecule has 0 radical (unpaired) electrons. The van der Waals surface area contributed by atoms with E-state index in [-0.39, 0.29) is 0 Å². The van der Waals surface area contributed by atoms with Crippen LogP contribution >= 0.6 is 0 Å². The summed E-state index contributed by atoms with van der Waals surface area (Å²) in [5.74, 6) is 0. The molecule has 8 nitrogen and oxygen atoms in total. The minimum atomic E-state index is -0.459. The largest absolute Gasteiger partial charge is 0.494 e. The number of methoxy groups -OCH3 is 2. The van der Waals surface area contributed by atoms with Crippen molar-refractivity contribution >= 4 is 12.6 Å². The van der Waals surface area contributed by atoms with Crippen molar-refractivity contribution in [3.05, 3.63) is 30.3 Å². The second-order valence-electron chi connectivity index (χ2n) is 5.92. The molecule has 0 unspecified atom stereocenters. The van der Waals surface area contributed by atoms with Crippen LogP contribution in [0.3, 0.4) is 0 Å². The van der Waals surface area contributed by atoms with Crippen LogP contribution in [0.1, 0.15) is 0 Å². The average Bonchev–Trinajstić information content (AvgIpc) is 2.76. The highest BCUT2D eigenvalue weighted by Crippen LogP contribution is 1.95. The van der Waals surface area contributed by atoms with E-state index in [4.69, 9.17) is 37.7 Å². The lowest BCUT2D eigenvalue weighted by Gasteiger charge is -2.15. The van der Waals surface area contributed by atoms with E-state index in [1.165, 1.54) is 0 Å². The predicted octanol–water partition coefficient (Wildman–Crippen LogP) is 0.774. The lowest BCUT2D eigenvalue weighted by atomic mass is 9.79. The first-order valence-corrected chi connectivity index (χ1v) is 9.95. The van der Waals surface area contributed by atoms with Gasteiger partial charge in [0, 0.05) is 14.2 Å².